The Morgan fingerprint density at radius 2 is 2.16 bits per heavy atom. The number of ether oxygens (including phenoxy) is 1. The Morgan fingerprint density at radius 3 is 2.89 bits per heavy atom. The number of carbonyl (C=O) groups excluding carboxylic acids is 1. The fourth-order valence-electron chi connectivity index (χ4n) is 2.72. The molecule has 0 bridgehead atoms. The monoisotopic (exact) mass is 281 g/mol. The van der Waals surface area contributed by atoms with Crippen LogP contribution in [0, 0.1) is 0 Å². The molecular formula is C13H16ClN3O2. The first kappa shape index (κ1) is 12.7. The van der Waals surface area contributed by atoms with Gasteiger partial charge in [-0.15, -0.1) is 0 Å². The molecule has 0 radical (unpaired) electrons. The molecule has 2 aliphatic heterocycles. The molecule has 0 unspecified atom stereocenters. The number of anilines is 2. The van der Waals surface area contributed by atoms with Crippen LogP contribution >= 0.6 is 11.6 Å². The van der Waals surface area contributed by atoms with E-state index in [1.54, 1.807) is 12.1 Å². The van der Waals surface area contributed by atoms with Crippen LogP contribution in [0.5, 0.6) is 0 Å². The van der Waals surface area contributed by atoms with Gasteiger partial charge in [-0.1, -0.05) is 11.6 Å². The van der Waals surface area contributed by atoms with Gasteiger partial charge in [0.1, 0.15) is 11.2 Å². The summed E-state index contributed by atoms with van der Waals surface area (Å²) >= 11 is 5.99. The number of rotatable bonds is 1. The summed E-state index contributed by atoms with van der Waals surface area (Å²) in [6.45, 7) is 3.35. The number of nitrogens with one attached hydrogen (secondary N) is 1. The summed E-state index contributed by atoms with van der Waals surface area (Å²) in [5.41, 5.74) is 0.735. The zero-order valence-corrected chi connectivity index (χ0v) is 11.5. The van der Waals surface area contributed by atoms with Crippen LogP contribution in [0.4, 0.5) is 11.5 Å². The third kappa shape index (κ3) is 2.28. The highest BCUT2D eigenvalue weighted by Crippen LogP contribution is 2.34. The molecule has 2 aliphatic rings. The minimum atomic E-state index is -0.235. The maximum Gasteiger partial charge on any atom is 0.246 e. The van der Waals surface area contributed by atoms with Crippen LogP contribution in [0.1, 0.15) is 19.8 Å². The highest BCUT2D eigenvalue weighted by atomic mass is 35.5. The van der Waals surface area contributed by atoms with Crippen molar-refractivity contribution in [1.29, 1.82) is 0 Å². The minimum absolute atomic E-state index is 0.00288. The third-order valence-electron chi connectivity index (χ3n) is 3.72. The molecule has 5 nitrogen and oxygen atoms in total. The Labute approximate surface area is 116 Å². The van der Waals surface area contributed by atoms with Crippen molar-refractivity contribution in [3.05, 3.63) is 17.3 Å². The highest BCUT2D eigenvalue weighted by molar-refractivity contribution is 6.29. The van der Waals surface area contributed by atoms with Crippen LogP contribution in [-0.2, 0) is 9.53 Å². The first-order chi connectivity index (χ1) is 9.16. The number of hydrogen-bond donors (Lipinski definition) is 1. The van der Waals surface area contributed by atoms with Gasteiger partial charge in [-0.25, -0.2) is 4.98 Å². The van der Waals surface area contributed by atoms with Crippen molar-refractivity contribution in [3.8, 4) is 0 Å². The Morgan fingerprint density at radius 1 is 1.42 bits per heavy atom. The Hall–Kier alpha value is -1.33. The van der Waals surface area contributed by atoms with Gasteiger partial charge in [-0.3, -0.25) is 4.79 Å². The second-order valence-corrected chi connectivity index (χ2v) is 5.31. The summed E-state index contributed by atoms with van der Waals surface area (Å²) in [5, 5.41) is 3.32. The average molecular weight is 282 g/mol. The molecule has 1 saturated heterocycles. The topological polar surface area (TPSA) is 54.5 Å². The van der Waals surface area contributed by atoms with Gasteiger partial charge in [0, 0.05) is 19.3 Å². The van der Waals surface area contributed by atoms with Crippen molar-refractivity contribution in [3.63, 3.8) is 0 Å². The van der Waals surface area contributed by atoms with E-state index in [4.69, 9.17) is 16.3 Å². The van der Waals surface area contributed by atoms with E-state index in [9.17, 15) is 4.79 Å². The molecule has 0 aliphatic carbocycles. The van der Waals surface area contributed by atoms with E-state index in [2.05, 4.69) is 15.2 Å². The molecule has 1 amide bonds. The predicted octanol–water partition coefficient (Wildman–Crippen LogP) is 2.06. The van der Waals surface area contributed by atoms with Gasteiger partial charge in [0.05, 0.1) is 5.69 Å². The molecule has 3 rings (SSSR count). The van der Waals surface area contributed by atoms with Crippen LogP contribution in [0.3, 0.4) is 0 Å². The lowest BCUT2D eigenvalue weighted by Gasteiger charge is -2.42. The van der Waals surface area contributed by atoms with Crippen molar-refractivity contribution in [2.75, 3.05) is 23.4 Å². The fraction of sp³-hybridized carbons (Fsp3) is 0.538. The molecular weight excluding hydrogens is 266 g/mol. The summed E-state index contributed by atoms with van der Waals surface area (Å²) in [5.74, 6) is 0.773. The molecule has 19 heavy (non-hydrogen) atoms. The van der Waals surface area contributed by atoms with Crippen LogP contribution in [-0.4, -0.2) is 36.2 Å². The van der Waals surface area contributed by atoms with Crippen molar-refractivity contribution >= 4 is 29.0 Å². The van der Waals surface area contributed by atoms with Crippen molar-refractivity contribution in [1.82, 2.24) is 4.98 Å². The molecule has 1 fully saturated rings. The van der Waals surface area contributed by atoms with Gasteiger partial charge >= 0.3 is 0 Å². The van der Waals surface area contributed by atoms with Crippen molar-refractivity contribution in [2.45, 2.75) is 31.8 Å². The number of nitrogens with zero attached hydrogens (tertiary/aromatic N) is 2. The lowest BCUT2D eigenvalue weighted by molar-refractivity contribution is -0.117. The number of hydrogen-bond acceptors (Lipinski definition) is 4. The largest absolute Gasteiger partial charge is 0.381 e. The molecule has 102 valence electrons. The lowest BCUT2D eigenvalue weighted by atomic mass is 10.0. The second kappa shape index (κ2) is 4.98. The van der Waals surface area contributed by atoms with E-state index in [0.29, 0.717) is 5.15 Å². The summed E-state index contributed by atoms with van der Waals surface area (Å²) < 4.78 is 5.39. The zero-order chi connectivity index (χ0) is 13.4. The standard InChI is InChI=1S/C13H16ClN3O2/c1-8-13(18)15-10-2-3-11(14)16-12(10)17(8)9-4-6-19-7-5-9/h2-3,8-9H,4-7H2,1H3,(H,15,18)/t8-/m0/s1. The number of aromatic nitrogens is 1. The SMILES string of the molecule is C[C@H]1C(=O)Nc2ccc(Cl)nc2N1C1CCOCC1. The molecule has 0 aromatic carbocycles. The number of halogens is 1. The van der Waals surface area contributed by atoms with Crippen LogP contribution in [0.15, 0.2) is 12.1 Å². The van der Waals surface area contributed by atoms with Crippen LogP contribution in [0.2, 0.25) is 5.15 Å². The van der Waals surface area contributed by atoms with E-state index in [-0.39, 0.29) is 18.0 Å². The Kier molecular flexibility index (Phi) is 3.33. The zero-order valence-electron chi connectivity index (χ0n) is 10.7. The quantitative estimate of drug-likeness (QED) is 0.801. The van der Waals surface area contributed by atoms with E-state index >= 15 is 0 Å². The summed E-state index contributed by atoms with van der Waals surface area (Å²) in [6, 6.07) is 3.54. The summed E-state index contributed by atoms with van der Waals surface area (Å²) in [7, 11) is 0. The highest BCUT2D eigenvalue weighted by Gasteiger charge is 2.36. The lowest BCUT2D eigenvalue weighted by Crippen LogP contribution is -2.53. The van der Waals surface area contributed by atoms with Crippen molar-refractivity contribution < 1.29 is 9.53 Å². The van der Waals surface area contributed by atoms with Gasteiger partial charge in [-0.2, -0.15) is 0 Å². The molecule has 1 aromatic heterocycles. The maximum absolute atomic E-state index is 12.1. The first-order valence-electron chi connectivity index (χ1n) is 6.50. The number of carbonyl (C=O) groups is 1. The Bertz CT molecular complexity index is 503. The molecule has 3 heterocycles. The summed E-state index contributed by atoms with van der Waals surface area (Å²) in [4.78, 5) is 18.5. The molecule has 1 aromatic rings. The third-order valence-corrected chi connectivity index (χ3v) is 3.93. The van der Waals surface area contributed by atoms with E-state index in [1.807, 2.05) is 6.92 Å². The van der Waals surface area contributed by atoms with Gasteiger partial charge in [0.2, 0.25) is 5.91 Å². The molecule has 1 N–H and O–H groups in total. The average Bonchev–Trinajstić information content (AvgIpc) is 2.42. The van der Waals surface area contributed by atoms with E-state index in [0.717, 1.165) is 37.6 Å². The normalized spacial score (nSPS) is 24.0. The Balaban J connectivity index is 2.01. The van der Waals surface area contributed by atoms with Crippen LogP contribution in [0.25, 0.3) is 0 Å². The number of pyridine rings is 1. The number of fused-ring (bicyclic) bond motifs is 1. The molecule has 1 atom stereocenters. The van der Waals surface area contributed by atoms with E-state index < -0.39 is 0 Å². The van der Waals surface area contributed by atoms with Crippen molar-refractivity contribution in [2.24, 2.45) is 0 Å². The van der Waals surface area contributed by atoms with Gasteiger partial charge < -0.3 is 15.0 Å². The first-order valence-corrected chi connectivity index (χ1v) is 6.88. The second-order valence-electron chi connectivity index (χ2n) is 4.92. The predicted molar refractivity (Wildman–Crippen MR) is 73.7 cm³/mol. The maximum atomic E-state index is 12.1. The molecule has 0 spiro atoms. The van der Waals surface area contributed by atoms with Gasteiger partial charge in [0.25, 0.3) is 0 Å². The summed E-state index contributed by atoms with van der Waals surface area (Å²) in [6.07, 6.45) is 1.82. The smallest absolute Gasteiger partial charge is 0.246 e. The fourth-order valence-corrected chi connectivity index (χ4v) is 2.86. The van der Waals surface area contributed by atoms with Crippen LogP contribution < -0.4 is 10.2 Å². The molecule has 6 heteroatoms. The van der Waals surface area contributed by atoms with E-state index in [1.165, 1.54) is 0 Å². The van der Waals surface area contributed by atoms with Gasteiger partial charge in [-0.05, 0) is 31.9 Å². The van der Waals surface area contributed by atoms with Gasteiger partial charge in [0.15, 0.2) is 5.82 Å². The number of amides is 1. The minimum Gasteiger partial charge on any atom is -0.381 e. The molecule has 0 saturated carbocycles.